The maximum atomic E-state index is 14.3. The molecule has 0 saturated carbocycles. The maximum Gasteiger partial charge on any atom is 0.129 e. The second kappa shape index (κ2) is 7.21. The predicted octanol–water partition coefficient (Wildman–Crippen LogP) is 4.71. The summed E-state index contributed by atoms with van der Waals surface area (Å²) in [6.45, 7) is 5.67. The number of hydrogen-bond acceptors (Lipinski definition) is 2. The number of ether oxygens (including phenoxy) is 1. The molecule has 0 amide bonds. The standard InChI is InChI=1S/C15H20BrClFNO/c1-3-4-19-15(10-5-9(2)20-8-10)11-6-13(17)12(16)7-14(11)18/h6-7,9-10,15,19H,3-5,8H2,1-2H3. The molecule has 0 spiro atoms. The first-order valence-corrected chi connectivity index (χ1v) is 8.19. The molecule has 1 fully saturated rings. The number of nitrogens with one attached hydrogen (secondary N) is 1. The summed E-state index contributed by atoms with van der Waals surface area (Å²) in [7, 11) is 0. The highest BCUT2D eigenvalue weighted by Gasteiger charge is 2.32. The number of hydrogen-bond donors (Lipinski definition) is 1. The molecular formula is C15H20BrClFNO. The van der Waals surface area contributed by atoms with E-state index in [1.165, 1.54) is 6.07 Å². The molecule has 1 aromatic rings. The Kier molecular flexibility index (Phi) is 5.84. The lowest BCUT2D eigenvalue weighted by Gasteiger charge is -2.25. The van der Waals surface area contributed by atoms with Crippen molar-refractivity contribution in [3.8, 4) is 0 Å². The minimum Gasteiger partial charge on any atom is -0.378 e. The van der Waals surface area contributed by atoms with Gasteiger partial charge in [0.25, 0.3) is 0 Å². The van der Waals surface area contributed by atoms with Crippen LogP contribution in [-0.4, -0.2) is 19.3 Å². The lowest BCUT2D eigenvalue weighted by Crippen LogP contribution is -2.30. The second-order valence-electron chi connectivity index (χ2n) is 5.36. The van der Waals surface area contributed by atoms with Crippen molar-refractivity contribution < 1.29 is 9.13 Å². The Hall–Kier alpha value is -0.160. The zero-order valence-corrected chi connectivity index (χ0v) is 14.1. The summed E-state index contributed by atoms with van der Waals surface area (Å²) in [4.78, 5) is 0. The highest BCUT2D eigenvalue weighted by molar-refractivity contribution is 9.10. The van der Waals surface area contributed by atoms with Gasteiger partial charge in [0.05, 0.1) is 17.7 Å². The Morgan fingerprint density at radius 2 is 2.30 bits per heavy atom. The van der Waals surface area contributed by atoms with E-state index in [0.717, 1.165) is 19.4 Å². The van der Waals surface area contributed by atoms with Gasteiger partial charge in [0.2, 0.25) is 0 Å². The molecule has 3 atom stereocenters. The fourth-order valence-electron chi connectivity index (χ4n) is 2.69. The van der Waals surface area contributed by atoms with E-state index in [9.17, 15) is 4.39 Å². The average molecular weight is 365 g/mol. The molecule has 112 valence electrons. The largest absolute Gasteiger partial charge is 0.378 e. The fourth-order valence-corrected chi connectivity index (χ4v) is 3.18. The summed E-state index contributed by atoms with van der Waals surface area (Å²) in [6, 6.07) is 3.11. The van der Waals surface area contributed by atoms with Crippen LogP contribution in [0.25, 0.3) is 0 Å². The van der Waals surface area contributed by atoms with Crippen molar-refractivity contribution in [1.82, 2.24) is 5.32 Å². The normalized spacial score (nSPS) is 24.1. The molecule has 2 rings (SSSR count). The Balaban J connectivity index is 2.28. The van der Waals surface area contributed by atoms with Crippen LogP contribution in [-0.2, 0) is 4.74 Å². The SMILES string of the molecule is CCCNC(c1cc(Cl)c(Br)cc1F)C1COC(C)C1. The van der Waals surface area contributed by atoms with Crippen LogP contribution in [0, 0.1) is 11.7 Å². The molecule has 0 aliphatic carbocycles. The van der Waals surface area contributed by atoms with Gasteiger partial charge < -0.3 is 10.1 Å². The van der Waals surface area contributed by atoms with Crippen LogP contribution in [0.15, 0.2) is 16.6 Å². The molecule has 5 heteroatoms. The molecule has 0 aromatic heterocycles. The molecule has 2 nitrogen and oxygen atoms in total. The third kappa shape index (κ3) is 3.73. The van der Waals surface area contributed by atoms with E-state index in [4.69, 9.17) is 16.3 Å². The van der Waals surface area contributed by atoms with E-state index >= 15 is 0 Å². The zero-order chi connectivity index (χ0) is 14.7. The molecule has 1 heterocycles. The molecule has 1 aliphatic rings. The lowest BCUT2D eigenvalue weighted by atomic mass is 9.90. The molecule has 1 saturated heterocycles. The summed E-state index contributed by atoms with van der Waals surface area (Å²) in [5.74, 6) is 0.0534. The van der Waals surface area contributed by atoms with Crippen LogP contribution in [0.1, 0.15) is 38.3 Å². The average Bonchev–Trinajstić information content (AvgIpc) is 2.82. The first kappa shape index (κ1) is 16.2. The van der Waals surface area contributed by atoms with E-state index in [1.807, 2.05) is 0 Å². The second-order valence-corrected chi connectivity index (χ2v) is 6.62. The Labute approximate surface area is 133 Å². The van der Waals surface area contributed by atoms with Crippen LogP contribution in [0.5, 0.6) is 0 Å². The van der Waals surface area contributed by atoms with Gasteiger partial charge in [0.1, 0.15) is 5.82 Å². The Bertz CT molecular complexity index is 471. The van der Waals surface area contributed by atoms with E-state index in [2.05, 4.69) is 35.1 Å². The third-order valence-corrected chi connectivity index (χ3v) is 4.89. The molecule has 0 bridgehead atoms. The molecule has 1 aromatic carbocycles. The van der Waals surface area contributed by atoms with Gasteiger partial charge in [-0.15, -0.1) is 0 Å². The van der Waals surface area contributed by atoms with Gasteiger partial charge in [0, 0.05) is 22.0 Å². The fraction of sp³-hybridized carbons (Fsp3) is 0.600. The third-order valence-electron chi connectivity index (χ3n) is 3.69. The summed E-state index contributed by atoms with van der Waals surface area (Å²) >= 11 is 9.38. The molecule has 20 heavy (non-hydrogen) atoms. The maximum absolute atomic E-state index is 14.3. The van der Waals surface area contributed by atoms with Gasteiger partial charge >= 0.3 is 0 Å². The van der Waals surface area contributed by atoms with Crippen LogP contribution >= 0.6 is 27.5 Å². The Morgan fingerprint density at radius 1 is 1.55 bits per heavy atom. The van der Waals surface area contributed by atoms with Crippen molar-refractivity contribution >= 4 is 27.5 Å². The minimum atomic E-state index is -0.227. The van der Waals surface area contributed by atoms with Crippen molar-refractivity contribution in [2.24, 2.45) is 5.92 Å². The molecule has 1 aliphatic heterocycles. The van der Waals surface area contributed by atoms with Gasteiger partial charge in [0.15, 0.2) is 0 Å². The van der Waals surface area contributed by atoms with Crippen molar-refractivity contribution in [3.63, 3.8) is 0 Å². The van der Waals surface area contributed by atoms with Gasteiger partial charge in [-0.25, -0.2) is 4.39 Å². The van der Waals surface area contributed by atoms with Crippen LogP contribution < -0.4 is 5.32 Å². The van der Waals surface area contributed by atoms with Crippen molar-refractivity contribution in [2.75, 3.05) is 13.2 Å². The van der Waals surface area contributed by atoms with Gasteiger partial charge in [-0.05, 0) is 54.4 Å². The summed E-state index contributed by atoms with van der Waals surface area (Å²) in [5, 5.41) is 3.98. The number of halogens is 3. The first-order chi connectivity index (χ1) is 9.52. The van der Waals surface area contributed by atoms with Crippen molar-refractivity contribution in [3.05, 3.63) is 33.0 Å². The monoisotopic (exact) mass is 363 g/mol. The van der Waals surface area contributed by atoms with E-state index in [0.29, 0.717) is 21.7 Å². The lowest BCUT2D eigenvalue weighted by molar-refractivity contribution is 0.116. The highest BCUT2D eigenvalue weighted by atomic mass is 79.9. The van der Waals surface area contributed by atoms with E-state index in [1.54, 1.807) is 6.07 Å². The number of benzene rings is 1. The van der Waals surface area contributed by atoms with Crippen molar-refractivity contribution in [1.29, 1.82) is 0 Å². The topological polar surface area (TPSA) is 21.3 Å². The van der Waals surface area contributed by atoms with Crippen LogP contribution in [0.4, 0.5) is 4.39 Å². The van der Waals surface area contributed by atoms with E-state index < -0.39 is 0 Å². The first-order valence-electron chi connectivity index (χ1n) is 7.02. The smallest absolute Gasteiger partial charge is 0.129 e. The summed E-state index contributed by atoms with van der Waals surface area (Å²) in [5.41, 5.74) is 0.634. The molecule has 1 N–H and O–H groups in total. The predicted molar refractivity (Wildman–Crippen MR) is 83.7 cm³/mol. The quantitative estimate of drug-likeness (QED) is 0.764. The Morgan fingerprint density at radius 3 is 2.90 bits per heavy atom. The summed E-state index contributed by atoms with van der Waals surface area (Å²) in [6.07, 6.45) is 2.18. The molecule has 3 unspecified atom stereocenters. The number of rotatable bonds is 5. The van der Waals surface area contributed by atoms with Gasteiger partial charge in [-0.3, -0.25) is 0 Å². The van der Waals surface area contributed by atoms with Crippen molar-refractivity contribution in [2.45, 2.75) is 38.8 Å². The molecule has 0 radical (unpaired) electrons. The summed E-state index contributed by atoms with van der Waals surface area (Å²) < 4.78 is 20.5. The molecular weight excluding hydrogens is 345 g/mol. The van der Waals surface area contributed by atoms with E-state index in [-0.39, 0.29) is 23.9 Å². The zero-order valence-electron chi connectivity index (χ0n) is 11.8. The minimum absolute atomic E-state index is 0.0505. The van der Waals surface area contributed by atoms with Crippen LogP contribution in [0.3, 0.4) is 0 Å². The van der Waals surface area contributed by atoms with Gasteiger partial charge in [-0.2, -0.15) is 0 Å². The van der Waals surface area contributed by atoms with Crippen LogP contribution in [0.2, 0.25) is 5.02 Å². The highest BCUT2D eigenvalue weighted by Crippen LogP contribution is 2.36. The van der Waals surface area contributed by atoms with Gasteiger partial charge in [-0.1, -0.05) is 18.5 Å².